The smallest absolute Gasteiger partial charge is 0.256 e. The predicted molar refractivity (Wildman–Crippen MR) is 82.9 cm³/mol. The summed E-state index contributed by atoms with van der Waals surface area (Å²) in [5.74, 6) is -0.976. The van der Waals surface area contributed by atoms with E-state index in [1.165, 1.54) is 24.3 Å². The van der Waals surface area contributed by atoms with Gasteiger partial charge < -0.3 is 11.1 Å². The number of halogens is 3. The summed E-state index contributed by atoms with van der Waals surface area (Å²) in [4.78, 5) is 12.1. The molecular formula is C13H9ClFIN2O. The van der Waals surface area contributed by atoms with Crippen molar-refractivity contribution in [3.8, 4) is 0 Å². The number of benzene rings is 2. The first-order valence-corrected chi connectivity index (χ1v) is 6.74. The van der Waals surface area contributed by atoms with Crippen LogP contribution in [0.3, 0.4) is 0 Å². The molecule has 3 N–H and O–H groups in total. The van der Waals surface area contributed by atoms with Crippen LogP contribution in [0.2, 0.25) is 5.02 Å². The van der Waals surface area contributed by atoms with Crippen LogP contribution in [0.4, 0.5) is 15.8 Å². The van der Waals surface area contributed by atoms with E-state index in [0.717, 1.165) is 3.57 Å². The summed E-state index contributed by atoms with van der Waals surface area (Å²) in [6.45, 7) is 0. The quantitative estimate of drug-likeness (QED) is 0.603. The molecule has 0 unspecified atom stereocenters. The summed E-state index contributed by atoms with van der Waals surface area (Å²) in [6, 6.07) is 8.92. The van der Waals surface area contributed by atoms with E-state index in [2.05, 4.69) is 5.32 Å². The Hall–Kier alpha value is -1.34. The largest absolute Gasteiger partial charge is 0.399 e. The van der Waals surface area contributed by atoms with Crippen molar-refractivity contribution >= 4 is 51.5 Å². The van der Waals surface area contributed by atoms with Crippen LogP contribution in [0.15, 0.2) is 36.4 Å². The van der Waals surface area contributed by atoms with Crippen LogP contribution in [-0.2, 0) is 0 Å². The van der Waals surface area contributed by atoms with Crippen molar-refractivity contribution in [3.05, 3.63) is 56.4 Å². The number of nitrogens with two attached hydrogens (primary N) is 1. The zero-order valence-electron chi connectivity index (χ0n) is 9.58. The first-order chi connectivity index (χ1) is 8.97. The molecule has 98 valence electrons. The summed E-state index contributed by atoms with van der Waals surface area (Å²) < 4.78 is 14.3. The fraction of sp³-hybridized carbons (Fsp3) is 0. The highest BCUT2D eigenvalue weighted by atomic mass is 127. The average molecular weight is 391 g/mol. The van der Waals surface area contributed by atoms with Crippen LogP contribution >= 0.6 is 34.2 Å². The molecule has 0 saturated heterocycles. The van der Waals surface area contributed by atoms with Crippen LogP contribution < -0.4 is 11.1 Å². The minimum atomic E-state index is -0.542. The van der Waals surface area contributed by atoms with Gasteiger partial charge in [-0.05, 0) is 59.0 Å². The number of carbonyl (C=O) groups excluding carboxylic acids is 1. The monoisotopic (exact) mass is 390 g/mol. The highest BCUT2D eigenvalue weighted by Crippen LogP contribution is 2.22. The van der Waals surface area contributed by atoms with Crippen molar-refractivity contribution < 1.29 is 9.18 Å². The number of carbonyl (C=O) groups is 1. The topological polar surface area (TPSA) is 55.1 Å². The van der Waals surface area contributed by atoms with Crippen LogP contribution in [0, 0.1) is 9.39 Å². The van der Waals surface area contributed by atoms with Gasteiger partial charge in [0.2, 0.25) is 0 Å². The van der Waals surface area contributed by atoms with Gasteiger partial charge >= 0.3 is 0 Å². The van der Waals surface area contributed by atoms with E-state index in [1.54, 1.807) is 12.1 Å². The lowest BCUT2D eigenvalue weighted by Gasteiger charge is -2.09. The van der Waals surface area contributed by atoms with E-state index >= 15 is 0 Å². The maximum Gasteiger partial charge on any atom is 0.256 e. The molecule has 3 nitrogen and oxygen atoms in total. The molecule has 1 amide bonds. The van der Waals surface area contributed by atoms with Gasteiger partial charge in [0.1, 0.15) is 5.82 Å². The predicted octanol–water partition coefficient (Wildman–Crippen LogP) is 3.92. The Morgan fingerprint density at radius 3 is 2.74 bits per heavy atom. The molecule has 2 aromatic carbocycles. The van der Waals surface area contributed by atoms with Gasteiger partial charge in [-0.15, -0.1) is 0 Å². The molecule has 0 radical (unpaired) electrons. The van der Waals surface area contributed by atoms with Crippen LogP contribution in [0.1, 0.15) is 10.4 Å². The van der Waals surface area contributed by atoms with Crippen LogP contribution in [0.25, 0.3) is 0 Å². The van der Waals surface area contributed by atoms with Gasteiger partial charge in [-0.1, -0.05) is 11.6 Å². The third-order valence-corrected chi connectivity index (χ3v) is 3.59. The molecule has 0 aliphatic rings. The Morgan fingerprint density at radius 1 is 1.26 bits per heavy atom. The molecule has 0 saturated carbocycles. The third kappa shape index (κ3) is 3.36. The van der Waals surface area contributed by atoms with Gasteiger partial charge in [0.05, 0.1) is 11.3 Å². The lowest BCUT2D eigenvalue weighted by molar-refractivity contribution is 0.102. The number of amides is 1. The Morgan fingerprint density at radius 2 is 2.00 bits per heavy atom. The normalized spacial score (nSPS) is 10.3. The first kappa shape index (κ1) is 14.1. The molecule has 0 spiro atoms. The van der Waals surface area contributed by atoms with Crippen molar-refractivity contribution in [2.45, 2.75) is 0 Å². The van der Waals surface area contributed by atoms with Gasteiger partial charge in [-0.3, -0.25) is 4.79 Å². The second-order valence-electron chi connectivity index (χ2n) is 3.82. The molecule has 19 heavy (non-hydrogen) atoms. The van der Waals surface area contributed by atoms with E-state index in [0.29, 0.717) is 16.3 Å². The number of anilines is 2. The molecule has 0 aliphatic carbocycles. The molecule has 0 heterocycles. The molecular weight excluding hydrogens is 382 g/mol. The summed E-state index contributed by atoms with van der Waals surface area (Å²) in [6.07, 6.45) is 0. The highest BCUT2D eigenvalue weighted by molar-refractivity contribution is 14.1. The summed E-state index contributed by atoms with van der Waals surface area (Å²) in [5, 5.41) is 2.92. The van der Waals surface area contributed by atoms with Crippen molar-refractivity contribution in [1.29, 1.82) is 0 Å². The zero-order valence-corrected chi connectivity index (χ0v) is 12.5. The van der Waals surface area contributed by atoms with Crippen LogP contribution in [-0.4, -0.2) is 5.91 Å². The van der Waals surface area contributed by atoms with Gasteiger partial charge in [0.15, 0.2) is 0 Å². The Balaban J connectivity index is 2.30. The van der Waals surface area contributed by atoms with Crippen molar-refractivity contribution in [1.82, 2.24) is 0 Å². The Kier molecular flexibility index (Phi) is 4.26. The lowest BCUT2D eigenvalue weighted by Crippen LogP contribution is -2.14. The van der Waals surface area contributed by atoms with Gasteiger partial charge in [0.25, 0.3) is 5.91 Å². The van der Waals surface area contributed by atoms with Crippen molar-refractivity contribution in [3.63, 3.8) is 0 Å². The summed E-state index contributed by atoms with van der Waals surface area (Å²) in [7, 11) is 0. The minimum Gasteiger partial charge on any atom is -0.399 e. The van der Waals surface area contributed by atoms with E-state index in [9.17, 15) is 9.18 Å². The van der Waals surface area contributed by atoms with Crippen molar-refractivity contribution in [2.24, 2.45) is 0 Å². The number of nitrogens with one attached hydrogen (secondary N) is 1. The molecule has 0 aromatic heterocycles. The number of hydrogen-bond acceptors (Lipinski definition) is 2. The highest BCUT2D eigenvalue weighted by Gasteiger charge is 2.13. The van der Waals surface area contributed by atoms with Gasteiger partial charge in [-0.2, -0.15) is 0 Å². The van der Waals surface area contributed by atoms with Crippen LogP contribution in [0.5, 0.6) is 0 Å². The Labute approximate surface area is 128 Å². The maximum absolute atomic E-state index is 13.5. The molecule has 0 aliphatic heterocycles. The SMILES string of the molecule is Nc1ccc(F)c(NC(=O)c2cc(Cl)ccc2I)c1. The molecule has 2 aromatic rings. The fourth-order valence-electron chi connectivity index (χ4n) is 1.50. The summed E-state index contributed by atoms with van der Waals surface area (Å²) >= 11 is 7.86. The second-order valence-corrected chi connectivity index (χ2v) is 5.42. The fourth-order valence-corrected chi connectivity index (χ4v) is 2.25. The number of hydrogen-bond donors (Lipinski definition) is 2. The Bertz CT molecular complexity index is 649. The third-order valence-electron chi connectivity index (χ3n) is 2.41. The maximum atomic E-state index is 13.5. The second kappa shape index (κ2) is 5.75. The number of rotatable bonds is 2. The average Bonchev–Trinajstić information content (AvgIpc) is 2.36. The first-order valence-electron chi connectivity index (χ1n) is 5.29. The molecule has 2 rings (SSSR count). The molecule has 6 heteroatoms. The molecule has 0 atom stereocenters. The molecule has 0 fully saturated rings. The van der Waals surface area contributed by atoms with E-state index < -0.39 is 11.7 Å². The molecule has 0 bridgehead atoms. The van der Waals surface area contributed by atoms with E-state index in [1.807, 2.05) is 22.6 Å². The zero-order chi connectivity index (χ0) is 14.0. The van der Waals surface area contributed by atoms with Gasteiger partial charge in [0, 0.05) is 14.3 Å². The minimum absolute atomic E-state index is 0.0424. The van der Waals surface area contributed by atoms with Crippen molar-refractivity contribution in [2.75, 3.05) is 11.1 Å². The van der Waals surface area contributed by atoms with E-state index in [-0.39, 0.29) is 5.69 Å². The number of nitrogen functional groups attached to an aromatic ring is 1. The standard InChI is InChI=1S/C13H9ClFIN2O/c14-7-1-4-11(16)9(5-7)13(19)18-12-6-8(17)2-3-10(12)15/h1-6H,17H2,(H,18,19). The lowest BCUT2D eigenvalue weighted by atomic mass is 10.2. The van der Waals surface area contributed by atoms with E-state index in [4.69, 9.17) is 17.3 Å². The van der Waals surface area contributed by atoms with Gasteiger partial charge in [-0.25, -0.2) is 4.39 Å². The summed E-state index contributed by atoms with van der Waals surface area (Å²) in [5.41, 5.74) is 6.35.